The molecule has 1 N–H and O–H groups in total. The number of aryl methyl sites for hydroxylation is 1. The van der Waals surface area contributed by atoms with Crippen LogP contribution < -0.4 is 10.1 Å². The van der Waals surface area contributed by atoms with Crippen molar-refractivity contribution in [2.24, 2.45) is 0 Å². The molecule has 4 nitrogen and oxygen atoms in total. The summed E-state index contributed by atoms with van der Waals surface area (Å²) >= 11 is 0. The first-order valence-corrected chi connectivity index (χ1v) is 6.32. The van der Waals surface area contributed by atoms with E-state index in [-0.39, 0.29) is 12.0 Å². The maximum atomic E-state index is 11.3. The second kappa shape index (κ2) is 5.87. The van der Waals surface area contributed by atoms with Crippen molar-refractivity contribution in [1.82, 2.24) is 0 Å². The fourth-order valence-electron chi connectivity index (χ4n) is 1.88. The number of ether oxygens (including phenoxy) is 2. The summed E-state index contributed by atoms with van der Waals surface area (Å²) in [5, 5.41) is 2.86. The Morgan fingerprint density at radius 1 is 1.28 bits per heavy atom. The zero-order chi connectivity index (χ0) is 13.0. The van der Waals surface area contributed by atoms with Crippen molar-refractivity contribution >= 4 is 11.6 Å². The Morgan fingerprint density at radius 3 is 2.89 bits per heavy atom. The van der Waals surface area contributed by atoms with Gasteiger partial charge in [0.1, 0.15) is 12.4 Å². The van der Waals surface area contributed by atoms with Gasteiger partial charge in [0.05, 0.1) is 12.7 Å². The fourth-order valence-corrected chi connectivity index (χ4v) is 1.88. The van der Waals surface area contributed by atoms with E-state index in [1.165, 1.54) is 5.56 Å². The summed E-state index contributed by atoms with van der Waals surface area (Å²) in [6.45, 7) is 5.08. The van der Waals surface area contributed by atoms with Gasteiger partial charge in [-0.15, -0.1) is 0 Å². The van der Waals surface area contributed by atoms with Gasteiger partial charge >= 0.3 is 0 Å². The Kier molecular flexibility index (Phi) is 4.20. The molecule has 0 fully saturated rings. The molecule has 0 radical (unpaired) electrons. The number of anilines is 1. The van der Waals surface area contributed by atoms with Crippen LogP contribution in [0.4, 0.5) is 5.69 Å². The molecule has 4 heteroatoms. The molecule has 0 bridgehead atoms. The number of nitrogens with one attached hydrogen (secondary N) is 1. The van der Waals surface area contributed by atoms with Gasteiger partial charge in [0, 0.05) is 18.2 Å². The number of hydrogen-bond donors (Lipinski definition) is 1. The molecule has 0 atom stereocenters. The third kappa shape index (κ3) is 3.47. The van der Waals surface area contributed by atoms with E-state index in [1.54, 1.807) is 0 Å². The molecule has 1 amide bonds. The summed E-state index contributed by atoms with van der Waals surface area (Å²) in [6.07, 6.45) is 1.59. The molecule has 0 aliphatic carbocycles. The number of hydrogen-bond acceptors (Lipinski definition) is 3. The predicted molar refractivity (Wildman–Crippen MR) is 70.0 cm³/mol. The van der Waals surface area contributed by atoms with E-state index < -0.39 is 0 Å². The molecule has 0 aromatic heterocycles. The molecular formula is C14H19NO3. The van der Waals surface area contributed by atoms with Crippen molar-refractivity contribution in [3.05, 3.63) is 23.8 Å². The molecule has 1 heterocycles. The summed E-state index contributed by atoms with van der Waals surface area (Å²) in [5.41, 5.74) is 2.04. The van der Waals surface area contributed by atoms with Gasteiger partial charge in [0.15, 0.2) is 0 Å². The number of rotatable bonds is 5. The average Bonchev–Trinajstić information content (AvgIpc) is 2.34. The van der Waals surface area contributed by atoms with E-state index in [9.17, 15) is 4.79 Å². The molecule has 1 aliphatic heterocycles. The smallest absolute Gasteiger partial charge is 0.224 e. The molecule has 0 unspecified atom stereocenters. The zero-order valence-corrected chi connectivity index (χ0v) is 10.9. The Labute approximate surface area is 107 Å². The number of fused-ring (bicyclic) bond motifs is 1. The van der Waals surface area contributed by atoms with Crippen LogP contribution in [0, 0.1) is 0 Å². The van der Waals surface area contributed by atoms with Gasteiger partial charge in [-0.05, 0) is 31.9 Å². The first-order chi connectivity index (χ1) is 8.65. The van der Waals surface area contributed by atoms with Crippen LogP contribution in [0.3, 0.4) is 0 Å². The van der Waals surface area contributed by atoms with Gasteiger partial charge in [0.25, 0.3) is 0 Å². The summed E-state index contributed by atoms with van der Waals surface area (Å²) in [7, 11) is 0. The fraction of sp³-hybridized carbons (Fsp3) is 0.500. The minimum absolute atomic E-state index is 0.0720. The maximum absolute atomic E-state index is 11.3. The molecular weight excluding hydrogens is 230 g/mol. The van der Waals surface area contributed by atoms with Gasteiger partial charge in [-0.3, -0.25) is 4.79 Å². The van der Waals surface area contributed by atoms with Crippen LogP contribution in [-0.2, 0) is 16.0 Å². The summed E-state index contributed by atoms with van der Waals surface area (Å²) in [5.74, 6) is 0.839. The standard InChI is InChI=1S/C14H19NO3/c1-10(2)17-7-8-18-12-5-3-11-4-6-14(16)15-13(11)9-12/h3,5,9-10H,4,6-8H2,1-2H3,(H,15,16). The largest absolute Gasteiger partial charge is 0.491 e. The lowest BCUT2D eigenvalue weighted by Crippen LogP contribution is -2.19. The Hall–Kier alpha value is -1.55. The lowest BCUT2D eigenvalue weighted by Gasteiger charge is -2.17. The number of carbonyl (C=O) groups excluding carboxylic acids is 1. The minimum atomic E-state index is 0.0720. The Bertz CT molecular complexity index is 429. The lowest BCUT2D eigenvalue weighted by atomic mass is 10.0. The van der Waals surface area contributed by atoms with E-state index in [0.29, 0.717) is 19.6 Å². The van der Waals surface area contributed by atoms with Gasteiger partial charge in [-0.25, -0.2) is 0 Å². The first kappa shape index (κ1) is 12.9. The molecule has 1 aliphatic rings. The van der Waals surface area contributed by atoms with Crippen molar-refractivity contribution in [3.8, 4) is 5.75 Å². The number of benzene rings is 1. The van der Waals surface area contributed by atoms with Gasteiger partial charge < -0.3 is 14.8 Å². The van der Waals surface area contributed by atoms with Gasteiger partial charge in [-0.1, -0.05) is 6.07 Å². The highest BCUT2D eigenvalue weighted by Gasteiger charge is 2.14. The molecule has 2 rings (SSSR count). The highest BCUT2D eigenvalue weighted by Crippen LogP contribution is 2.26. The summed E-state index contributed by atoms with van der Waals surface area (Å²) in [4.78, 5) is 11.3. The van der Waals surface area contributed by atoms with Crippen molar-refractivity contribution < 1.29 is 14.3 Å². The van der Waals surface area contributed by atoms with Crippen molar-refractivity contribution in [2.45, 2.75) is 32.8 Å². The van der Waals surface area contributed by atoms with Crippen LogP contribution in [0.2, 0.25) is 0 Å². The predicted octanol–water partition coefficient (Wildman–Crippen LogP) is 2.38. The van der Waals surface area contributed by atoms with Crippen LogP contribution in [0.25, 0.3) is 0 Å². The quantitative estimate of drug-likeness (QED) is 0.815. The van der Waals surface area contributed by atoms with Crippen LogP contribution in [0.1, 0.15) is 25.8 Å². The van der Waals surface area contributed by atoms with E-state index >= 15 is 0 Å². The highest BCUT2D eigenvalue weighted by molar-refractivity contribution is 5.94. The van der Waals surface area contributed by atoms with Gasteiger partial charge in [0.2, 0.25) is 5.91 Å². The molecule has 0 saturated heterocycles. The monoisotopic (exact) mass is 249 g/mol. The second-order valence-electron chi connectivity index (χ2n) is 4.64. The summed E-state index contributed by atoms with van der Waals surface area (Å²) < 4.78 is 11.0. The summed E-state index contributed by atoms with van der Waals surface area (Å²) in [6, 6.07) is 5.82. The van der Waals surface area contributed by atoms with E-state index in [4.69, 9.17) is 9.47 Å². The topological polar surface area (TPSA) is 47.6 Å². The molecule has 0 spiro atoms. The van der Waals surface area contributed by atoms with Crippen LogP contribution in [-0.4, -0.2) is 25.2 Å². The van der Waals surface area contributed by atoms with E-state index in [0.717, 1.165) is 17.9 Å². The number of amides is 1. The third-order valence-corrected chi connectivity index (χ3v) is 2.78. The first-order valence-electron chi connectivity index (χ1n) is 6.32. The average molecular weight is 249 g/mol. The third-order valence-electron chi connectivity index (χ3n) is 2.78. The SMILES string of the molecule is CC(C)OCCOc1ccc2c(c1)NC(=O)CC2. The zero-order valence-electron chi connectivity index (χ0n) is 10.9. The van der Waals surface area contributed by atoms with E-state index in [2.05, 4.69) is 5.32 Å². The molecule has 0 saturated carbocycles. The van der Waals surface area contributed by atoms with Crippen molar-refractivity contribution in [1.29, 1.82) is 0 Å². The lowest BCUT2D eigenvalue weighted by molar-refractivity contribution is -0.116. The Balaban J connectivity index is 1.90. The Morgan fingerprint density at radius 2 is 2.11 bits per heavy atom. The van der Waals surface area contributed by atoms with E-state index in [1.807, 2.05) is 32.0 Å². The van der Waals surface area contributed by atoms with Crippen LogP contribution >= 0.6 is 0 Å². The maximum Gasteiger partial charge on any atom is 0.224 e. The second-order valence-corrected chi connectivity index (χ2v) is 4.64. The molecule has 1 aromatic rings. The minimum Gasteiger partial charge on any atom is -0.491 e. The van der Waals surface area contributed by atoms with Crippen LogP contribution in [0.15, 0.2) is 18.2 Å². The van der Waals surface area contributed by atoms with Gasteiger partial charge in [-0.2, -0.15) is 0 Å². The molecule has 98 valence electrons. The van der Waals surface area contributed by atoms with Crippen LogP contribution in [0.5, 0.6) is 5.75 Å². The molecule has 1 aromatic carbocycles. The van der Waals surface area contributed by atoms with Crippen molar-refractivity contribution in [2.75, 3.05) is 18.5 Å². The highest BCUT2D eigenvalue weighted by atomic mass is 16.5. The normalized spacial score (nSPS) is 14.3. The number of carbonyl (C=O) groups is 1. The van der Waals surface area contributed by atoms with Crippen molar-refractivity contribution in [3.63, 3.8) is 0 Å². The molecule has 18 heavy (non-hydrogen) atoms.